The fourth-order valence-electron chi connectivity index (χ4n) is 2.41. The van der Waals surface area contributed by atoms with Crippen molar-refractivity contribution in [3.63, 3.8) is 0 Å². The summed E-state index contributed by atoms with van der Waals surface area (Å²) >= 11 is 0. The normalized spacial score (nSPS) is 23.5. The minimum Gasteiger partial charge on any atom is -0.397 e. The summed E-state index contributed by atoms with van der Waals surface area (Å²) in [6, 6.07) is 4.55. The lowest BCUT2D eigenvalue weighted by Gasteiger charge is -2.22. The number of hydrogen-bond donors (Lipinski definition) is 3. The predicted molar refractivity (Wildman–Crippen MR) is 74.3 cm³/mol. The Morgan fingerprint density at radius 3 is 2.74 bits per heavy atom. The van der Waals surface area contributed by atoms with E-state index in [1.807, 2.05) is 0 Å². The van der Waals surface area contributed by atoms with Crippen molar-refractivity contribution >= 4 is 21.4 Å². The highest BCUT2D eigenvalue weighted by molar-refractivity contribution is 7.89. The monoisotopic (exact) mass is 285 g/mol. The number of rotatable bonds is 4. The first kappa shape index (κ1) is 14.1. The highest BCUT2D eigenvalue weighted by Gasteiger charge is 2.27. The molecule has 0 heterocycles. The van der Waals surface area contributed by atoms with E-state index in [4.69, 9.17) is 15.6 Å². The number of nitrogens with one attached hydrogen (secondary N) is 1. The van der Waals surface area contributed by atoms with Gasteiger partial charge in [0.15, 0.2) is 0 Å². The zero-order valence-corrected chi connectivity index (χ0v) is 11.6. The molecule has 1 fully saturated rings. The second-order valence-corrected chi connectivity index (χ2v) is 6.31. The fraction of sp³-hybridized carbons (Fsp3) is 0.500. The Kier molecular flexibility index (Phi) is 3.98. The van der Waals surface area contributed by atoms with Crippen LogP contribution in [0.1, 0.15) is 19.3 Å². The average molecular weight is 285 g/mol. The SMILES string of the molecule is COC1CCCC1Nc1cc(S(N)(=O)=O)ccc1N. The molecule has 1 aliphatic carbocycles. The van der Waals surface area contributed by atoms with E-state index in [9.17, 15) is 8.42 Å². The number of nitrogen functional groups attached to an aromatic ring is 1. The zero-order valence-electron chi connectivity index (χ0n) is 10.8. The van der Waals surface area contributed by atoms with Crippen molar-refractivity contribution in [1.29, 1.82) is 0 Å². The number of benzene rings is 1. The van der Waals surface area contributed by atoms with Crippen LogP contribution in [0.3, 0.4) is 0 Å². The van der Waals surface area contributed by atoms with Gasteiger partial charge in [-0.2, -0.15) is 0 Å². The Hall–Kier alpha value is -1.31. The molecule has 7 heteroatoms. The number of nitrogens with two attached hydrogens (primary N) is 2. The topological polar surface area (TPSA) is 107 Å². The fourth-order valence-corrected chi connectivity index (χ4v) is 2.95. The van der Waals surface area contributed by atoms with Crippen LogP contribution >= 0.6 is 0 Å². The first-order chi connectivity index (χ1) is 8.91. The van der Waals surface area contributed by atoms with Crippen molar-refractivity contribution < 1.29 is 13.2 Å². The molecule has 2 unspecified atom stereocenters. The number of anilines is 2. The van der Waals surface area contributed by atoms with Crippen LogP contribution in [0.25, 0.3) is 0 Å². The zero-order chi connectivity index (χ0) is 14.0. The van der Waals surface area contributed by atoms with Crippen molar-refractivity contribution in [2.24, 2.45) is 5.14 Å². The van der Waals surface area contributed by atoms with E-state index in [-0.39, 0.29) is 17.0 Å². The molecule has 5 N–H and O–H groups in total. The third kappa shape index (κ3) is 3.17. The molecule has 1 aromatic carbocycles. The number of hydrogen-bond acceptors (Lipinski definition) is 5. The van der Waals surface area contributed by atoms with E-state index < -0.39 is 10.0 Å². The Labute approximate surface area is 113 Å². The van der Waals surface area contributed by atoms with Crippen LogP contribution in [0.4, 0.5) is 11.4 Å². The molecule has 0 bridgehead atoms. The molecular weight excluding hydrogens is 266 g/mol. The predicted octanol–water partition coefficient (Wildman–Crippen LogP) is 0.896. The molecule has 1 saturated carbocycles. The van der Waals surface area contributed by atoms with Gasteiger partial charge >= 0.3 is 0 Å². The Bertz CT molecular complexity index is 559. The lowest BCUT2D eigenvalue weighted by atomic mass is 10.2. The summed E-state index contributed by atoms with van der Waals surface area (Å²) in [6.07, 6.45) is 3.16. The number of primary sulfonamides is 1. The van der Waals surface area contributed by atoms with Crippen LogP contribution < -0.4 is 16.2 Å². The maximum atomic E-state index is 11.3. The molecule has 0 aromatic heterocycles. The largest absolute Gasteiger partial charge is 0.397 e. The first-order valence-electron chi connectivity index (χ1n) is 6.13. The van der Waals surface area contributed by atoms with Crippen LogP contribution in [-0.2, 0) is 14.8 Å². The van der Waals surface area contributed by atoms with Crippen LogP contribution in [0.5, 0.6) is 0 Å². The minimum atomic E-state index is -3.72. The summed E-state index contributed by atoms with van der Waals surface area (Å²) in [6.45, 7) is 0. The molecule has 1 aliphatic rings. The van der Waals surface area contributed by atoms with Gasteiger partial charge in [0, 0.05) is 7.11 Å². The Balaban J connectivity index is 2.24. The van der Waals surface area contributed by atoms with E-state index in [1.54, 1.807) is 13.2 Å². The van der Waals surface area contributed by atoms with Gasteiger partial charge in [-0.15, -0.1) is 0 Å². The molecule has 0 spiro atoms. The van der Waals surface area contributed by atoms with Gasteiger partial charge < -0.3 is 15.8 Å². The standard InChI is InChI=1S/C12H19N3O3S/c1-18-12-4-2-3-10(12)15-11-7-8(19(14,16)17)5-6-9(11)13/h5-7,10,12,15H,2-4,13H2,1H3,(H2,14,16,17). The third-order valence-electron chi connectivity index (χ3n) is 3.45. The van der Waals surface area contributed by atoms with Gasteiger partial charge in [-0.05, 0) is 37.5 Å². The summed E-state index contributed by atoms with van der Waals surface area (Å²) in [5, 5.41) is 8.37. The average Bonchev–Trinajstić information content (AvgIpc) is 2.77. The van der Waals surface area contributed by atoms with Gasteiger partial charge in [0.1, 0.15) is 0 Å². The van der Waals surface area contributed by atoms with Crippen LogP contribution in [0.2, 0.25) is 0 Å². The number of sulfonamides is 1. The lowest BCUT2D eigenvalue weighted by molar-refractivity contribution is 0.101. The quantitative estimate of drug-likeness (QED) is 0.712. The van der Waals surface area contributed by atoms with Crippen LogP contribution in [0.15, 0.2) is 23.1 Å². The number of methoxy groups -OCH3 is 1. The van der Waals surface area contributed by atoms with Crippen molar-refractivity contribution in [2.45, 2.75) is 36.3 Å². The summed E-state index contributed by atoms with van der Waals surface area (Å²) < 4.78 is 28.1. The van der Waals surface area contributed by atoms with Gasteiger partial charge in [0.2, 0.25) is 10.0 Å². The van der Waals surface area contributed by atoms with E-state index in [0.29, 0.717) is 11.4 Å². The minimum absolute atomic E-state index is 0.0520. The molecule has 6 nitrogen and oxygen atoms in total. The molecule has 2 atom stereocenters. The van der Waals surface area contributed by atoms with Crippen molar-refractivity contribution in [3.05, 3.63) is 18.2 Å². The molecule has 2 rings (SSSR count). The van der Waals surface area contributed by atoms with Gasteiger partial charge in [-0.3, -0.25) is 0 Å². The Morgan fingerprint density at radius 1 is 1.37 bits per heavy atom. The van der Waals surface area contributed by atoms with E-state index >= 15 is 0 Å². The van der Waals surface area contributed by atoms with E-state index in [1.165, 1.54) is 12.1 Å². The summed E-state index contributed by atoms with van der Waals surface area (Å²) in [7, 11) is -2.05. The molecule has 0 amide bonds. The maximum absolute atomic E-state index is 11.3. The molecule has 19 heavy (non-hydrogen) atoms. The van der Waals surface area contributed by atoms with Crippen molar-refractivity contribution in [1.82, 2.24) is 0 Å². The van der Waals surface area contributed by atoms with Crippen molar-refractivity contribution in [2.75, 3.05) is 18.2 Å². The second kappa shape index (κ2) is 5.36. The molecule has 0 saturated heterocycles. The highest BCUT2D eigenvalue weighted by atomic mass is 32.2. The smallest absolute Gasteiger partial charge is 0.238 e. The number of ether oxygens (including phenoxy) is 1. The molecule has 0 aliphatic heterocycles. The summed E-state index contributed by atoms with van der Waals surface area (Å²) in [5.74, 6) is 0. The Morgan fingerprint density at radius 2 is 2.11 bits per heavy atom. The highest BCUT2D eigenvalue weighted by Crippen LogP contribution is 2.29. The molecule has 1 aromatic rings. The first-order valence-corrected chi connectivity index (χ1v) is 7.68. The molecule has 106 valence electrons. The molecular formula is C12H19N3O3S. The maximum Gasteiger partial charge on any atom is 0.238 e. The van der Waals surface area contributed by atoms with Gasteiger partial charge in [-0.25, -0.2) is 13.6 Å². The lowest BCUT2D eigenvalue weighted by Crippen LogP contribution is -2.30. The summed E-state index contributed by atoms with van der Waals surface area (Å²) in [4.78, 5) is 0.0520. The van der Waals surface area contributed by atoms with Crippen molar-refractivity contribution in [3.8, 4) is 0 Å². The molecule has 0 radical (unpaired) electrons. The second-order valence-electron chi connectivity index (χ2n) is 4.75. The van der Waals surface area contributed by atoms with Gasteiger partial charge in [0.25, 0.3) is 0 Å². The van der Waals surface area contributed by atoms with Crippen LogP contribution in [0, 0.1) is 0 Å². The van der Waals surface area contributed by atoms with Gasteiger partial charge in [-0.1, -0.05) is 0 Å². The summed E-state index contributed by atoms with van der Waals surface area (Å²) in [5.41, 5.74) is 6.94. The third-order valence-corrected chi connectivity index (χ3v) is 4.36. The van der Waals surface area contributed by atoms with Crippen LogP contribution in [-0.4, -0.2) is 27.7 Å². The van der Waals surface area contributed by atoms with E-state index in [2.05, 4.69) is 5.32 Å². The van der Waals surface area contributed by atoms with E-state index in [0.717, 1.165) is 19.3 Å². The van der Waals surface area contributed by atoms with Gasteiger partial charge in [0.05, 0.1) is 28.4 Å².